The number of rotatable bonds is 9. The molecule has 4 N–H and O–H groups in total. The number of benzene rings is 1. The number of piperazine rings is 1. The lowest BCUT2D eigenvalue weighted by molar-refractivity contribution is 0.175. The van der Waals surface area contributed by atoms with Crippen molar-refractivity contribution >= 4 is 0 Å². The number of hydrogen-bond acceptors (Lipinski definition) is 5. The maximum Gasteiger partial charge on any atom is 0.0605 e. The van der Waals surface area contributed by atoms with E-state index in [1.165, 1.54) is 29.7 Å². The van der Waals surface area contributed by atoms with Crippen molar-refractivity contribution in [3.05, 3.63) is 65.5 Å². The molecule has 0 saturated carbocycles. The van der Waals surface area contributed by atoms with Crippen LogP contribution in [0.4, 0.5) is 0 Å². The first-order valence-electron chi connectivity index (χ1n) is 11.7. The van der Waals surface area contributed by atoms with Crippen molar-refractivity contribution in [3.63, 3.8) is 0 Å². The van der Waals surface area contributed by atoms with Gasteiger partial charge in [0.2, 0.25) is 0 Å². The highest BCUT2D eigenvalue weighted by molar-refractivity contribution is 5.25. The fourth-order valence-corrected chi connectivity index (χ4v) is 5.07. The summed E-state index contributed by atoms with van der Waals surface area (Å²) >= 11 is 0. The standard InChI is InChI=1S/C25H37N5/c26-13-5-11-22(29-24-12-4-9-21-10-6-14-28-25(21)24)17-23-19-30(16-15-27-23)18-20-7-2-1-3-8-20/h1-3,6-8,10,14,22-24,27,29H,4-5,9,11-13,15-19,26H2/t22?,23-,24-/m0/s1. The molecule has 2 heterocycles. The Balaban J connectivity index is 1.37. The van der Waals surface area contributed by atoms with Gasteiger partial charge in [-0.15, -0.1) is 0 Å². The summed E-state index contributed by atoms with van der Waals surface area (Å²) in [6, 6.07) is 16.5. The Bertz CT molecular complexity index is 765. The average Bonchev–Trinajstić information content (AvgIpc) is 2.79. The number of hydrogen-bond donors (Lipinski definition) is 3. The fourth-order valence-electron chi connectivity index (χ4n) is 5.07. The molecule has 1 aliphatic heterocycles. The molecule has 2 aliphatic rings. The summed E-state index contributed by atoms with van der Waals surface area (Å²) in [5.41, 5.74) is 9.95. The molecule has 0 radical (unpaired) electrons. The Morgan fingerprint density at radius 3 is 2.97 bits per heavy atom. The Hall–Kier alpha value is -1.79. The van der Waals surface area contributed by atoms with Crippen LogP contribution in [0.25, 0.3) is 0 Å². The van der Waals surface area contributed by atoms with Crippen LogP contribution in [0.5, 0.6) is 0 Å². The summed E-state index contributed by atoms with van der Waals surface area (Å²) in [5, 5.41) is 7.75. The summed E-state index contributed by atoms with van der Waals surface area (Å²) < 4.78 is 0. The largest absolute Gasteiger partial charge is 0.330 e. The third-order valence-electron chi connectivity index (χ3n) is 6.55. The Morgan fingerprint density at radius 1 is 1.20 bits per heavy atom. The van der Waals surface area contributed by atoms with Gasteiger partial charge in [-0.25, -0.2) is 0 Å². The number of nitrogens with one attached hydrogen (secondary N) is 2. The average molecular weight is 408 g/mol. The minimum absolute atomic E-state index is 0.377. The molecule has 5 nitrogen and oxygen atoms in total. The van der Waals surface area contributed by atoms with Gasteiger partial charge >= 0.3 is 0 Å². The highest BCUT2D eigenvalue weighted by Gasteiger charge is 2.27. The zero-order valence-corrected chi connectivity index (χ0v) is 18.1. The summed E-state index contributed by atoms with van der Waals surface area (Å²) in [7, 11) is 0. The van der Waals surface area contributed by atoms with E-state index < -0.39 is 0 Å². The number of nitrogens with two attached hydrogens (primary N) is 1. The highest BCUT2D eigenvalue weighted by atomic mass is 15.2. The zero-order chi connectivity index (χ0) is 20.6. The lowest BCUT2D eigenvalue weighted by atomic mass is 9.90. The van der Waals surface area contributed by atoms with Crippen LogP contribution >= 0.6 is 0 Å². The summed E-state index contributed by atoms with van der Waals surface area (Å²) in [5.74, 6) is 0. The monoisotopic (exact) mass is 407 g/mol. The van der Waals surface area contributed by atoms with Crippen molar-refractivity contribution in [2.24, 2.45) is 5.73 Å². The second-order valence-corrected chi connectivity index (χ2v) is 8.89. The number of aromatic nitrogens is 1. The minimum Gasteiger partial charge on any atom is -0.330 e. The smallest absolute Gasteiger partial charge is 0.0605 e. The van der Waals surface area contributed by atoms with Crippen molar-refractivity contribution in [2.45, 2.75) is 63.2 Å². The highest BCUT2D eigenvalue weighted by Crippen LogP contribution is 2.29. The van der Waals surface area contributed by atoms with E-state index in [2.05, 4.69) is 58.0 Å². The van der Waals surface area contributed by atoms with E-state index in [1.54, 1.807) is 0 Å². The number of nitrogens with zero attached hydrogens (tertiary/aromatic N) is 2. The Morgan fingerprint density at radius 2 is 2.10 bits per heavy atom. The SMILES string of the molecule is NCCCC(C[C@H]1CN(Cc2ccccc2)CCN1)N[C@H]1CCCc2cccnc21. The molecule has 1 fully saturated rings. The van der Waals surface area contributed by atoms with E-state index in [0.29, 0.717) is 18.1 Å². The van der Waals surface area contributed by atoms with Gasteiger partial charge in [-0.2, -0.15) is 0 Å². The molecular formula is C25H37N5. The Kier molecular flexibility index (Phi) is 7.87. The maximum atomic E-state index is 5.86. The second kappa shape index (κ2) is 11.0. The van der Waals surface area contributed by atoms with Crippen LogP contribution in [0.2, 0.25) is 0 Å². The van der Waals surface area contributed by atoms with Crippen LogP contribution in [0.15, 0.2) is 48.7 Å². The van der Waals surface area contributed by atoms with E-state index in [9.17, 15) is 0 Å². The number of pyridine rings is 1. The first kappa shape index (κ1) is 21.4. The number of fused-ring (bicyclic) bond motifs is 1. The molecular weight excluding hydrogens is 370 g/mol. The fraction of sp³-hybridized carbons (Fsp3) is 0.560. The van der Waals surface area contributed by atoms with Crippen molar-refractivity contribution in [1.82, 2.24) is 20.5 Å². The van der Waals surface area contributed by atoms with Crippen LogP contribution in [0, 0.1) is 0 Å². The molecule has 4 rings (SSSR count). The quantitative estimate of drug-likeness (QED) is 0.596. The molecule has 30 heavy (non-hydrogen) atoms. The van der Waals surface area contributed by atoms with Gasteiger partial charge in [0, 0.05) is 50.5 Å². The van der Waals surface area contributed by atoms with Crippen LogP contribution in [-0.2, 0) is 13.0 Å². The van der Waals surface area contributed by atoms with Gasteiger partial charge in [-0.1, -0.05) is 36.4 Å². The molecule has 3 atom stereocenters. The van der Waals surface area contributed by atoms with Gasteiger partial charge in [-0.05, 0) is 62.3 Å². The lowest BCUT2D eigenvalue weighted by Gasteiger charge is -2.37. The summed E-state index contributed by atoms with van der Waals surface area (Å²) in [6.07, 6.45) is 8.87. The molecule has 1 aromatic heterocycles. The van der Waals surface area contributed by atoms with Gasteiger partial charge in [0.25, 0.3) is 0 Å². The molecule has 5 heteroatoms. The molecule has 0 amide bonds. The predicted octanol–water partition coefficient (Wildman–Crippen LogP) is 3.02. The molecule has 0 bridgehead atoms. The van der Waals surface area contributed by atoms with Crippen molar-refractivity contribution in [1.29, 1.82) is 0 Å². The minimum atomic E-state index is 0.377. The van der Waals surface area contributed by atoms with Gasteiger partial charge in [0.1, 0.15) is 0 Å². The molecule has 162 valence electrons. The van der Waals surface area contributed by atoms with E-state index in [0.717, 1.165) is 58.4 Å². The third-order valence-corrected chi connectivity index (χ3v) is 6.55. The predicted molar refractivity (Wildman–Crippen MR) is 123 cm³/mol. The van der Waals surface area contributed by atoms with Gasteiger partial charge in [0.05, 0.1) is 5.69 Å². The van der Waals surface area contributed by atoms with Crippen LogP contribution in [-0.4, -0.2) is 48.1 Å². The van der Waals surface area contributed by atoms with E-state index in [-0.39, 0.29) is 0 Å². The van der Waals surface area contributed by atoms with Crippen LogP contribution in [0.3, 0.4) is 0 Å². The van der Waals surface area contributed by atoms with Crippen LogP contribution < -0.4 is 16.4 Å². The van der Waals surface area contributed by atoms with E-state index in [4.69, 9.17) is 10.7 Å². The third kappa shape index (κ3) is 5.88. The van der Waals surface area contributed by atoms with E-state index >= 15 is 0 Å². The molecule has 1 saturated heterocycles. The lowest BCUT2D eigenvalue weighted by Crippen LogP contribution is -2.52. The molecule has 1 unspecified atom stereocenters. The van der Waals surface area contributed by atoms with Crippen molar-refractivity contribution in [3.8, 4) is 0 Å². The van der Waals surface area contributed by atoms with E-state index in [1.807, 2.05) is 6.20 Å². The number of aryl methyl sites for hydroxylation is 1. The first-order chi connectivity index (χ1) is 14.8. The first-order valence-corrected chi connectivity index (χ1v) is 11.7. The van der Waals surface area contributed by atoms with Gasteiger partial charge in [0.15, 0.2) is 0 Å². The molecule has 1 aliphatic carbocycles. The maximum absolute atomic E-state index is 5.86. The topological polar surface area (TPSA) is 66.2 Å². The van der Waals surface area contributed by atoms with Crippen LogP contribution in [0.1, 0.15) is 55.0 Å². The van der Waals surface area contributed by atoms with Crippen molar-refractivity contribution in [2.75, 3.05) is 26.2 Å². The molecule has 0 spiro atoms. The van der Waals surface area contributed by atoms with Gasteiger partial charge in [-0.3, -0.25) is 9.88 Å². The molecule has 2 aromatic rings. The Labute approximate surface area is 181 Å². The summed E-state index contributed by atoms with van der Waals surface area (Å²) in [4.78, 5) is 7.32. The van der Waals surface area contributed by atoms with Crippen molar-refractivity contribution < 1.29 is 0 Å². The normalized spacial score (nSPS) is 23.1. The van der Waals surface area contributed by atoms with Gasteiger partial charge < -0.3 is 16.4 Å². The molecule has 1 aromatic carbocycles. The zero-order valence-electron chi connectivity index (χ0n) is 18.1. The second-order valence-electron chi connectivity index (χ2n) is 8.89. The summed E-state index contributed by atoms with van der Waals surface area (Å²) in [6.45, 7) is 5.09.